The van der Waals surface area contributed by atoms with Crippen LogP contribution in [0.25, 0.3) is 0 Å². The Morgan fingerprint density at radius 2 is 1.81 bits per heavy atom. The Bertz CT molecular complexity index is 785. The predicted octanol–water partition coefficient (Wildman–Crippen LogP) is 3.75. The van der Waals surface area contributed by atoms with Gasteiger partial charge in [-0.1, -0.05) is 6.92 Å². The van der Waals surface area contributed by atoms with Gasteiger partial charge in [-0.25, -0.2) is 0 Å². The minimum Gasteiger partial charge on any atom is -0.427 e. The normalized spacial score (nSPS) is 34.2. The first-order valence-electron chi connectivity index (χ1n) is 10.0. The summed E-state index contributed by atoms with van der Waals surface area (Å²) < 4.78 is 10.8. The molecular weight excluding hydrogens is 344 g/mol. The van der Waals surface area contributed by atoms with Gasteiger partial charge >= 0.3 is 11.9 Å². The molecule has 2 fully saturated rings. The highest BCUT2D eigenvalue weighted by Crippen LogP contribution is 2.62. The molecule has 27 heavy (non-hydrogen) atoms. The molecule has 5 nitrogen and oxygen atoms in total. The fourth-order valence-electron chi connectivity index (χ4n) is 6.09. The summed E-state index contributed by atoms with van der Waals surface area (Å²) in [4.78, 5) is 23.1. The van der Waals surface area contributed by atoms with Crippen molar-refractivity contribution in [3.05, 3.63) is 23.3 Å². The van der Waals surface area contributed by atoms with Crippen LogP contribution < -0.4 is 9.47 Å². The fourth-order valence-corrected chi connectivity index (χ4v) is 6.09. The van der Waals surface area contributed by atoms with Crippen LogP contribution in [0.4, 0.5) is 0 Å². The monoisotopic (exact) mass is 372 g/mol. The Kier molecular flexibility index (Phi) is 4.53. The summed E-state index contributed by atoms with van der Waals surface area (Å²) >= 11 is 0. The lowest BCUT2D eigenvalue weighted by molar-refractivity contribution is -0.132. The van der Waals surface area contributed by atoms with Gasteiger partial charge in [-0.2, -0.15) is 0 Å². The SMILES string of the molecule is CC(=O)Oc1cc2c(c(OC(C)=O)c1)[C@H]1CC[C@]3(C)[C@@H](O)CC[C@H]3[C@@H]1CC2. The molecule has 0 heterocycles. The highest BCUT2D eigenvalue weighted by atomic mass is 16.5. The summed E-state index contributed by atoms with van der Waals surface area (Å²) in [5.41, 5.74) is 2.24. The molecule has 0 aliphatic heterocycles. The van der Waals surface area contributed by atoms with Gasteiger partial charge in [0.2, 0.25) is 0 Å². The molecule has 1 N–H and O–H groups in total. The summed E-state index contributed by atoms with van der Waals surface area (Å²) in [5.74, 6) is 1.57. The van der Waals surface area contributed by atoms with Gasteiger partial charge in [0.25, 0.3) is 0 Å². The predicted molar refractivity (Wildman–Crippen MR) is 99.7 cm³/mol. The Labute approximate surface area is 160 Å². The average molecular weight is 372 g/mol. The van der Waals surface area contributed by atoms with E-state index in [1.807, 2.05) is 6.07 Å². The van der Waals surface area contributed by atoms with E-state index in [0.29, 0.717) is 29.3 Å². The van der Waals surface area contributed by atoms with E-state index in [0.717, 1.165) is 49.7 Å². The fraction of sp³-hybridized carbons (Fsp3) is 0.636. The van der Waals surface area contributed by atoms with Crippen molar-refractivity contribution in [1.29, 1.82) is 0 Å². The summed E-state index contributed by atoms with van der Waals surface area (Å²) in [6.45, 7) is 5.02. The molecule has 0 radical (unpaired) electrons. The summed E-state index contributed by atoms with van der Waals surface area (Å²) in [6.07, 6.45) is 5.68. The summed E-state index contributed by atoms with van der Waals surface area (Å²) in [6, 6.07) is 3.61. The highest BCUT2D eigenvalue weighted by Gasteiger charge is 2.54. The maximum Gasteiger partial charge on any atom is 0.308 e. The lowest BCUT2D eigenvalue weighted by Crippen LogP contribution is -2.44. The topological polar surface area (TPSA) is 72.8 Å². The molecule has 5 atom stereocenters. The van der Waals surface area contributed by atoms with Gasteiger partial charge in [-0.3, -0.25) is 9.59 Å². The summed E-state index contributed by atoms with van der Waals surface area (Å²) in [5, 5.41) is 10.5. The number of aliphatic hydroxyl groups is 1. The number of benzene rings is 1. The number of aryl methyl sites for hydroxylation is 1. The second-order valence-corrected chi connectivity index (χ2v) is 8.73. The molecule has 0 saturated heterocycles. The van der Waals surface area contributed by atoms with Gasteiger partial charge in [0.05, 0.1) is 6.10 Å². The Hall–Kier alpha value is -1.88. The van der Waals surface area contributed by atoms with Crippen LogP contribution in [0.15, 0.2) is 12.1 Å². The highest BCUT2D eigenvalue weighted by molar-refractivity contribution is 5.72. The van der Waals surface area contributed by atoms with Crippen LogP contribution in [0.5, 0.6) is 11.5 Å². The van der Waals surface area contributed by atoms with Crippen molar-refractivity contribution < 1.29 is 24.2 Å². The largest absolute Gasteiger partial charge is 0.427 e. The smallest absolute Gasteiger partial charge is 0.308 e. The van der Waals surface area contributed by atoms with Crippen LogP contribution in [-0.2, 0) is 16.0 Å². The van der Waals surface area contributed by atoms with Gasteiger partial charge in [0.15, 0.2) is 0 Å². The van der Waals surface area contributed by atoms with E-state index in [1.54, 1.807) is 6.07 Å². The number of carbonyl (C=O) groups excluding carboxylic acids is 2. The molecule has 3 aliphatic carbocycles. The number of esters is 2. The van der Waals surface area contributed by atoms with Crippen molar-refractivity contribution in [3.8, 4) is 11.5 Å². The van der Waals surface area contributed by atoms with Gasteiger partial charge < -0.3 is 14.6 Å². The molecule has 0 unspecified atom stereocenters. The van der Waals surface area contributed by atoms with E-state index in [4.69, 9.17) is 9.47 Å². The minimum atomic E-state index is -0.384. The Morgan fingerprint density at radius 3 is 2.52 bits per heavy atom. The number of rotatable bonds is 2. The standard InChI is InChI=1S/C22H28O5/c1-12(23)26-15-10-14-4-5-16-17(21(14)19(11-15)27-13(2)24)8-9-22(3)18(16)6-7-20(22)25/h10-11,16-18,20,25H,4-9H2,1-3H3/t16-,17+,18+,20+,22+/m1/s1. The van der Waals surface area contributed by atoms with Crippen LogP contribution in [0, 0.1) is 17.3 Å². The van der Waals surface area contributed by atoms with Crippen molar-refractivity contribution in [3.63, 3.8) is 0 Å². The Morgan fingerprint density at radius 1 is 1.07 bits per heavy atom. The van der Waals surface area contributed by atoms with Gasteiger partial charge in [0, 0.05) is 25.5 Å². The zero-order valence-electron chi connectivity index (χ0n) is 16.3. The number of carbonyl (C=O) groups is 2. The van der Waals surface area contributed by atoms with Crippen molar-refractivity contribution in [1.82, 2.24) is 0 Å². The summed E-state index contributed by atoms with van der Waals surface area (Å²) in [7, 11) is 0. The molecule has 0 aromatic heterocycles. The van der Waals surface area contributed by atoms with Crippen molar-refractivity contribution in [2.75, 3.05) is 0 Å². The molecule has 1 aromatic carbocycles. The first kappa shape index (κ1) is 18.5. The van der Waals surface area contributed by atoms with Crippen LogP contribution in [-0.4, -0.2) is 23.1 Å². The maximum atomic E-state index is 11.7. The van der Waals surface area contributed by atoms with Gasteiger partial charge in [-0.05, 0) is 73.3 Å². The molecule has 4 rings (SSSR count). The molecule has 3 aliphatic rings. The lowest BCUT2D eigenvalue weighted by atomic mass is 9.55. The molecule has 0 spiro atoms. The number of aliphatic hydroxyl groups excluding tert-OH is 1. The van der Waals surface area contributed by atoms with Gasteiger partial charge in [-0.15, -0.1) is 0 Å². The van der Waals surface area contributed by atoms with E-state index in [2.05, 4.69) is 6.92 Å². The van der Waals surface area contributed by atoms with Crippen LogP contribution in [0.1, 0.15) is 69.9 Å². The second-order valence-electron chi connectivity index (χ2n) is 8.73. The zero-order chi connectivity index (χ0) is 19.3. The third kappa shape index (κ3) is 3.06. The minimum absolute atomic E-state index is 0.0119. The van der Waals surface area contributed by atoms with Crippen LogP contribution in [0.3, 0.4) is 0 Å². The molecule has 2 saturated carbocycles. The van der Waals surface area contributed by atoms with Crippen molar-refractivity contribution in [2.24, 2.45) is 17.3 Å². The number of hydrogen-bond acceptors (Lipinski definition) is 5. The first-order chi connectivity index (χ1) is 12.8. The lowest BCUT2D eigenvalue weighted by Gasteiger charge is -2.50. The van der Waals surface area contributed by atoms with E-state index in [1.165, 1.54) is 13.8 Å². The molecule has 0 amide bonds. The van der Waals surface area contributed by atoms with Gasteiger partial charge in [0.1, 0.15) is 11.5 Å². The zero-order valence-corrected chi connectivity index (χ0v) is 16.3. The molecular formula is C22H28O5. The number of ether oxygens (including phenoxy) is 2. The quantitative estimate of drug-likeness (QED) is 0.632. The molecule has 0 bridgehead atoms. The first-order valence-corrected chi connectivity index (χ1v) is 10.0. The van der Waals surface area contributed by atoms with Crippen molar-refractivity contribution >= 4 is 11.9 Å². The third-order valence-corrected chi connectivity index (χ3v) is 7.22. The molecule has 5 heteroatoms. The number of fused-ring (bicyclic) bond motifs is 5. The van der Waals surface area contributed by atoms with E-state index in [-0.39, 0.29) is 23.5 Å². The Balaban J connectivity index is 1.74. The number of hydrogen-bond donors (Lipinski definition) is 1. The van der Waals surface area contributed by atoms with E-state index < -0.39 is 0 Å². The van der Waals surface area contributed by atoms with Crippen LogP contribution in [0.2, 0.25) is 0 Å². The maximum absolute atomic E-state index is 11.7. The van der Waals surface area contributed by atoms with E-state index in [9.17, 15) is 14.7 Å². The van der Waals surface area contributed by atoms with Crippen molar-refractivity contribution in [2.45, 2.75) is 71.3 Å². The third-order valence-electron chi connectivity index (χ3n) is 7.22. The van der Waals surface area contributed by atoms with Crippen LogP contribution >= 0.6 is 0 Å². The van der Waals surface area contributed by atoms with E-state index >= 15 is 0 Å². The molecule has 1 aromatic rings. The average Bonchev–Trinajstić information content (AvgIpc) is 2.88. The second kappa shape index (κ2) is 6.62. The molecule has 146 valence electrons.